The number of hydrogen-bond acceptors (Lipinski definition) is 4. The van der Waals surface area contributed by atoms with Gasteiger partial charge in [-0.15, -0.1) is 0 Å². The highest BCUT2D eigenvalue weighted by Crippen LogP contribution is 2.19. The van der Waals surface area contributed by atoms with Crippen LogP contribution < -0.4 is 4.74 Å². The minimum atomic E-state index is -3.18. The van der Waals surface area contributed by atoms with Gasteiger partial charge in [-0.25, -0.2) is 8.42 Å². The average Bonchev–Trinajstić information content (AvgIpc) is 2.15. The van der Waals surface area contributed by atoms with Crippen molar-refractivity contribution < 1.29 is 18.3 Å². The first-order valence-electron chi connectivity index (χ1n) is 4.42. The zero-order valence-corrected chi connectivity index (χ0v) is 9.49. The van der Waals surface area contributed by atoms with Crippen LogP contribution in [-0.2, 0) is 9.84 Å². The van der Waals surface area contributed by atoms with Gasteiger partial charge in [-0.3, -0.25) is 0 Å². The molecule has 0 saturated carbocycles. The van der Waals surface area contributed by atoms with E-state index in [4.69, 9.17) is 4.74 Å². The number of rotatable bonds is 4. The minimum Gasteiger partial charge on any atom is -0.497 e. The number of hydrogen-bond donors (Lipinski definition) is 1. The van der Waals surface area contributed by atoms with E-state index in [1.807, 2.05) is 0 Å². The lowest BCUT2D eigenvalue weighted by atomic mass is 10.1. The second-order valence-electron chi connectivity index (χ2n) is 3.38. The number of benzene rings is 1. The van der Waals surface area contributed by atoms with Crippen LogP contribution in [0.2, 0.25) is 0 Å². The summed E-state index contributed by atoms with van der Waals surface area (Å²) in [5.41, 5.74) is 0.541. The lowest BCUT2D eigenvalue weighted by molar-refractivity contribution is 0.201. The SMILES string of the molecule is COc1cccc(C(O)CS(C)(=O)=O)c1. The molecule has 1 N–H and O–H groups in total. The van der Waals surface area contributed by atoms with Crippen LogP contribution in [0.1, 0.15) is 11.7 Å². The van der Waals surface area contributed by atoms with Crippen LogP contribution in [0.5, 0.6) is 5.75 Å². The van der Waals surface area contributed by atoms with Crippen LogP contribution in [0.3, 0.4) is 0 Å². The van der Waals surface area contributed by atoms with Crippen LogP contribution in [0.25, 0.3) is 0 Å². The van der Waals surface area contributed by atoms with Gasteiger partial charge in [0.05, 0.1) is 19.0 Å². The maximum atomic E-state index is 11.0. The average molecular weight is 230 g/mol. The number of aliphatic hydroxyl groups is 1. The Hall–Kier alpha value is -1.07. The van der Waals surface area contributed by atoms with Crippen LogP contribution >= 0.6 is 0 Å². The predicted octanol–water partition coefficient (Wildman–Crippen LogP) is 0.773. The van der Waals surface area contributed by atoms with Crippen molar-refractivity contribution in [2.24, 2.45) is 0 Å². The predicted molar refractivity (Wildman–Crippen MR) is 57.7 cm³/mol. The van der Waals surface area contributed by atoms with Crippen LogP contribution in [-0.4, -0.2) is 32.6 Å². The van der Waals surface area contributed by atoms with Crippen LogP contribution in [0.4, 0.5) is 0 Å². The third-order valence-electron chi connectivity index (χ3n) is 1.94. The monoisotopic (exact) mass is 230 g/mol. The second-order valence-corrected chi connectivity index (χ2v) is 5.57. The summed E-state index contributed by atoms with van der Waals surface area (Å²) in [6, 6.07) is 6.73. The molecule has 0 fully saturated rings. The van der Waals surface area contributed by atoms with E-state index in [-0.39, 0.29) is 5.75 Å². The topological polar surface area (TPSA) is 63.6 Å². The molecule has 5 heteroatoms. The molecule has 0 aliphatic carbocycles. The van der Waals surface area contributed by atoms with Crippen molar-refractivity contribution in [2.45, 2.75) is 6.10 Å². The Bertz CT molecular complexity index is 425. The molecule has 4 nitrogen and oxygen atoms in total. The van der Waals surface area contributed by atoms with Crippen molar-refractivity contribution in [1.82, 2.24) is 0 Å². The van der Waals surface area contributed by atoms with E-state index in [9.17, 15) is 13.5 Å². The number of ether oxygens (including phenoxy) is 1. The highest BCUT2D eigenvalue weighted by Gasteiger charge is 2.14. The molecule has 0 aromatic heterocycles. The van der Waals surface area contributed by atoms with Gasteiger partial charge in [-0.2, -0.15) is 0 Å². The van der Waals surface area contributed by atoms with E-state index in [0.717, 1.165) is 6.26 Å². The number of aliphatic hydroxyl groups excluding tert-OH is 1. The van der Waals surface area contributed by atoms with Gasteiger partial charge in [-0.1, -0.05) is 12.1 Å². The first-order chi connectivity index (χ1) is 6.92. The Kier molecular flexibility index (Phi) is 3.71. The first-order valence-corrected chi connectivity index (χ1v) is 6.48. The molecule has 84 valence electrons. The molecule has 0 bridgehead atoms. The zero-order valence-electron chi connectivity index (χ0n) is 8.67. The Balaban J connectivity index is 2.86. The summed E-state index contributed by atoms with van der Waals surface area (Å²) in [6.45, 7) is 0. The van der Waals surface area contributed by atoms with E-state index < -0.39 is 15.9 Å². The molecule has 0 heterocycles. The molecule has 1 aromatic carbocycles. The maximum Gasteiger partial charge on any atom is 0.150 e. The molecule has 0 radical (unpaired) electrons. The standard InChI is InChI=1S/C10H14O4S/c1-14-9-5-3-4-8(6-9)10(11)7-15(2,12)13/h3-6,10-11H,7H2,1-2H3. The summed E-state index contributed by atoms with van der Waals surface area (Å²) < 4.78 is 26.9. The van der Waals surface area contributed by atoms with Gasteiger partial charge in [0.15, 0.2) is 0 Å². The highest BCUT2D eigenvalue weighted by molar-refractivity contribution is 7.90. The van der Waals surface area contributed by atoms with Crippen molar-refractivity contribution >= 4 is 9.84 Å². The van der Waals surface area contributed by atoms with Crippen LogP contribution in [0.15, 0.2) is 24.3 Å². The van der Waals surface area contributed by atoms with Gasteiger partial charge in [-0.05, 0) is 17.7 Å². The largest absolute Gasteiger partial charge is 0.497 e. The van der Waals surface area contributed by atoms with Crippen molar-refractivity contribution in [1.29, 1.82) is 0 Å². The minimum absolute atomic E-state index is 0.278. The highest BCUT2D eigenvalue weighted by atomic mass is 32.2. The van der Waals surface area contributed by atoms with E-state index >= 15 is 0 Å². The van der Waals surface area contributed by atoms with Crippen molar-refractivity contribution in [3.63, 3.8) is 0 Å². The van der Waals surface area contributed by atoms with Crippen LogP contribution in [0, 0.1) is 0 Å². The molecule has 0 spiro atoms. The fraction of sp³-hybridized carbons (Fsp3) is 0.400. The number of methoxy groups -OCH3 is 1. The Morgan fingerprint density at radius 2 is 2.13 bits per heavy atom. The Morgan fingerprint density at radius 1 is 1.47 bits per heavy atom. The summed E-state index contributed by atoms with van der Waals surface area (Å²) in [4.78, 5) is 0. The first kappa shape index (κ1) is 12.0. The summed E-state index contributed by atoms with van der Waals surface area (Å²) in [5, 5.41) is 9.64. The van der Waals surface area contributed by atoms with Gasteiger partial charge >= 0.3 is 0 Å². The van der Waals surface area contributed by atoms with Crippen molar-refractivity contribution in [2.75, 3.05) is 19.1 Å². The summed E-state index contributed by atoms with van der Waals surface area (Å²) in [5.74, 6) is 0.320. The van der Waals surface area contributed by atoms with Crippen molar-refractivity contribution in [3.05, 3.63) is 29.8 Å². The second kappa shape index (κ2) is 4.63. The summed E-state index contributed by atoms with van der Waals surface area (Å²) in [7, 11) is -1.67. The van der Waals surface area contributed by atoms with E-state index in [2.05, 4.69) is 0 Å². The lowest BCUT2D eigenvalue weighted by Gasteiger charge is -2.10. The van der Waals surface area contributed by atoms with Gasteiger partial charge in [0.2, 0.25) is 0 Å². The normalized spacial score (nSPS) is 13.5. The smallest absolute Gasteiger partial charge is 0.150 e. The van der Waals surface area contributed by atoms with E-state index in [0.29, 0.717) is 11.3 Å². The molecule has 1 unspecified atom stereocenters. The van der Waals surface area contributed by atoms with E-state index in [1.54, 1.807) is 24.3 Å². The van der Waals surface area contributed by atoms with Gasteiger partial charge < -0.3 is 9.84 Å². The van der Waals surface area contributed by atoms with Gasteiger partial charge in [0.25, 0.3) is 0 Å². The number of sulfone groups is 1. The maximum absolute atomic E-state index is 11.0. The molecule has 0 saturated heterocycles. The van der Waals surface area contributed by atoms with Crippen molar-refractivity contribution in [3.8, 4) is 5.75 Å². The quantitative estimate of drug-likeness (QED) is 0.830. The van der Waals surface area contributed by atoms with Gasteiger partial charge in [0, 0.05) is 6.26 Å². The lowest BCUT2D eigenvalue weighted by Crippen LogP contribution is -2.12. The fourth-order valence-corrected chi connectivity index (χ4v) is 2.00. The summed E-state index contributed by atoms with van der Waals surface area (Å²) >= 11 is 0. The Labute approximate surface area is 89.4 Å². The summed E-state index contributed by atoms with van der Waals surface area (Å²) in [6.07, 6.45) is 0.0891. The molecule has 0 aliphatic rings. The fourth-order valence-electron chi connectivity index (χ4n) is 1.23. The molecule has 1 atom stereocenters. The molecular formula is C10H14O4S. The molecule has 1 rings (SSSR count). The molecule has 0 aliphatic heterocycles. The third-order valence-corrected chi connectivity index (χ3v) is 2.86. The molecular weight excluding hydrogens is 216 g/mol. The van der Waals surface area contributed by atoms with Gasteiger partial charge in [0.1, 0.15) is 15.6 Å². The zero-order chi connectivity index (χ0) is 11.5. The molecule has 15 heavy (non-hydrogen) atoms. The molecule has 0 amide bonds. The van der Waals surface area contributed by atoms with E-state index in [1.165, 1.54) is 7.11 Å². The Morgan fingerprint density at radius 3 is 2.67 bits per heavy atom. The third kappa shape index (κ3) is 3.89. The molecule has 1 aromatic rings.